The zero-order valence-electron chi connectivity index (χ0n) is 16.1. The highest BCUT2D eigenvalue weighted by Gasteiger charge is 2.52. The van der Waals surface area contributed by atoms with E-state index in [1.54, 1.807) is 0 Å². The summed E-state index contributed by atoms with van der Waals surface area (Å²) in [6, 6.07) is 2.60. The number of benzene rings is 1. The molecule has 4 rings (SSSR count). The maximum atomic E-state index is 13.3. The van der Waals surface area contributed by atoms with Gasteiger partial charge in [-0.15, -0.1) is 10.2 Å². The third kappa shape index (κ3) is 3.14. The molecule has 2 aliphatic rings. The van der Waals surface area contributed by atoms with Crippen LogP contribution in [0, 0.1) is 10.1 Å². The number of carbonyl (C=O) groups is 2. The Balaban J connectivity index is 1.65. The largest absolute Gasteiger partial charge is 0.465 e. The standard InChI is InChI=1S/C17H15F3N6O5/c1-8-12-22-23-13(17(18,19)20)25(12)6-5-24(8)15(28)16(2)14(27)21-10-4-3-9(26(29)30)7-11(10)31-16/h3-4,7-8H,5-6H2,1-2H3,(H,21,27). The molecule has 1 aromatic heterocycles. The number of hydrogen-bond acceptors (Lipinski definition) is 7. The third-order valence-electron chi connectivity index (χ3n) is 5.28. The molecule has 1 aromatic carbocycles. The van der Waals surface area contributed by atoms with Gasteiger partial charge in [-0.3, -0.25) is 19.7 Å². The van der Waals surface area contributed by atoms with Crippen molar-refractivity contribution >= 4 is 23.2 Å². The highest BCUT2D eigenvalue weighted by atomic mass is 19.4. The van der Waals surface area contributed by atoms with E-state index in [1.165, 1.54) is 30.9 Å². The summed E-state index contributed by atoms with van der Waals surface area (Å²) in [5.41, 5.74) is -2.24. The van der Waals surface area contributed by atoms with Crippen molar-refractivity contribution in [3.05, 3.63) is 40.0 Å². The molecule has 2 amide bonds. The van der Waals surface area contributed by atoms with Crippen molar-refractivity contribution in [1.82, 2.24) is 19.7 Å². The van der Waals surface area contributed by atoms with Crippen LogP contribution in [0.3, 0.4) is 0 Å². The first kappa shape index (κ1) is 20.6. The third-order valence-corrected chi connectivity index (χ3v) is 5.28. The molecule has 14 heteroatoms. The van der Waals surface area contributed by atoms with Crippen LogP contribution < -0.4 is 10.1 Å². The molecular formula is C17H15F3N6O5. The number of alkyl halides is 3. The minimum atomic E-state index is -4.70. The molecule has 3 heterocycles. The lowest BCUT2D eigenvalue weighted by Gasteiger charge is -2.40. The molecular weight excluding hydrogens is 425 g/mol. The smallest absolute Gasteiger partial charge is 0.451 e. The predicted molar refractivity (Wildman–Crippen MR) is 95.9 cm³/mol. The molecule has 11 nitrogen and oxygen atoms in total. The van der Waals surface area contributed by atoms with Gasteiger partial charge in [-0.25, -0.2) is 0 Å². The van der Waals surface area contributed by atoms with E-state index in [0.29, 0.717) is 0 Å². The number of non-ortho nitro benzene ring substituents is 1. The molecule has 164 valence electrons. The van der Waals surface area contributed by atoms with Gasteiger partial charge in [-0.05, 0) is 19.9 Å². The van der Waals surface area contributed by atoms with E-state index in [9.17, 15) is 32.9 Å². The number of nitro groups is 1. The number of nitro benzene ring substituents is 1. The average molecular weight is 440 g/mol. The van der Waals surface area contributed by atoms with Gasteiger partial charge in [-0.2, -0.15) is 13.2 Å². The summed E-state index contributed by atoms with van der Waals surface area (Å²) < 4.78 is 45.8. The van der Waals surface area contributed by atoms with E-state index in [1.807, 2.05) is 0 Å². The van der Waals surface area contributed by atoms with Gasteiger partial charge in [0.2, 0.25) is 5.82 Å². The summed E-state index contributed by atoms with van der Waals surface area (Å²) >= 11 is 0. The number of nitrogens with zero attached hydrogens (tertiary/aromatic N) is 5. The normalized spacial score (nSPS) is 22.8. The molecule has 0 aliphatic carbocycles. The molecule has 0 spiro atoms. The monoisotopic (exact) mass is 440 g/mol. The number of aromatic nitrogens is 3. The van der Waals surface area contributed by atoms with Gasteiger partial charge in [0.15, 0.2) is 11.6 Å². The number of hydrogen-bond donors (Lipinski definition) is 1. The Kier molecular flexibility index (Phi) is 4.41. The topological polar surface area (TPSA) is 132 Å². The van der Waals surface area contributed by atoms with E-state index < -0.39 is 40.4 Å². The van der Waals surface area contributed by atoms with Crippen LogP contribution in [0.2, 0.25) is 0 Å². The van der Waals surface area contributed by atoms with Crippen LogP contribution >= 0.6 is 0 Å². The maximum Gasteiger partial charge on any atom is 0.451 e. The molecule has 0 saturated carbocycles. The van der Waals surface area contributed by atoms with Gasteiger partial charge in [0, 0.05) is 19.2 Å². The lowest BCUT2D eigenvalue weighted by atomic mass is 9.99. The van der Waals surface area contributed by atoms with Crippen molar-refractivity contribution < 1.29 is 32.4 Å². The lowest BCUT2D eigenvalue weighted by Crippen LogP contribution is -2.61. The summed E-state index contributed by atoms with van der Waals surface area (Å²) in [7, 11) is 0. The minimum absolute atomic E-state index is 0.0724. The Labute approximate surface area is 171 Å². The van der Waals surface area contributed by atoms with E-state index >= 15 is 0 Å². The Bertz CT molecular complexity index is 1120. The molecule has 2 aromatic rings. The van der Waals surface area contributed by atoms with Gasteiger partial charge in [0.1, 0.15) is 0 Å². The van der Waals surface area contributed by atoms with Crippen LogP contribution in [0.5, 0.6) is 5.75 Å². The van der Waals surface area contributed by atoms with Gasteiger partial charge in [-0.1, -0.05) is 0 Å². The van der Waals surface area contributed by atoms with Gasteiger partial charge in [0.05, 0.1) is 22.7 Å². The number of ether oxygens (including phenoxy) is 1. The molecule has 2 atom stereocenters. The molecule has 2 unspecified atom stereocenters. The second-order valence-electron chi connectivity index (χ2n) is 7.23. The highest BCUT2D eigenvalue weighted by Crippen LogP contribution is 2.39. The Morgan fingerprint density at radius 3 is 2.71 bits per heavy atom. The van der Waals surface area contributed by atoms with E-state index in [0.717, 1.165) is 10.6 Å². The van der Waals surface area contributed by atoms with Crippen molar-refractivity contribution in [3.63, 3.8) is 0 Å². The van der Waals surface area contributed by atoms with Gasteiger partial charge >= 0.3 is 6.18 Å². The first-order valence-electron chi connectivity index (χ1n) is 9.03. The first-order chi connectivity index (χ1) is 14.4. The fourth-order valence-corrected chi connectivity index (χ4v) is 3.61. The van der Waals surface area contributed by atoms with Crippen molar-refractivity contribution in [1.29, 1.82) is 0 Å². The van der Waals surface area contributed by atoms with Gasteiger partial charge in [0.25, 0.3) is 23.1 Å². The highest BCUT2D eigenvalue weighted by molar-refractivity contribution is 6.15. The second-order valence-corrected chi connectivity index (χ2v) is 7.23. The van der Waals surface area contributed by atoms with E-state index in [2.05, 4.69) is 15.5 Å². The van der Waals surface area contributed by atoms with Crippen molar-refractivity contribution in [2.75, 3.05) is 11.9 Å². The molecule has 2 aliphatic heterocycles. The second kappa shape index (κ2) is 6.65. The molecule has 1 N–H and O–H groups in total. The SMILES string of the molecule is CC1c2nnc(C(F)(F)F)n2CCN1C(=O)C1(C)Oc2cc([N+](=O)[O-])ccc2NC1=O. The number of rotatable bonds is 2. The van der Waals surface area contributed by atoms with Crippen molar-refractivity contribution in [3.8, 4) is 5.75 Å². The predicted octanol–water partition coefficient (Wildman–Crippen LogP) is 1.90. The molecule has 0 saturated heterocycles. The van der Waals surface area contributed by atoms with Crippen LogP contribution in [0.1, 0.15) is 31.5 Å². The van der Waals surface area contributed by atoms with Crippen LogP contribution in [-0.4, -0.2) is 48.5 Å². The van der Waals surface area contributed by atoms with Crippen molar-refractivity contribution in [2.45, 2.75) is 38.2 Å². The number of anilines is 1. The quantitative estimate of drug-likeness (QED) is 0.428. The fraction of sp³-hybridized carbons (Fsp3) is 0.412. The summed E-state index contributed by atoms with van der Waals surface area (Å²) in [5, 5.41) is 20.3. The molecule has 0 radical (unpaired) electrons. The lowest BCUT2D eigenvalue weighted by molar-refractivity contribution is -0.385. The maximum absolute atomic E-state index is 13.3. The summed E-state index contributed by atoms with van der Waals surface area (Å²) in [4.78, 5) is 37.5. The number of halogens is 3. The number of carbonyl (C=O) groups excluding carboxylic acids is 2. The number of nitrogens with one attached hydrogen (secondary N) is 1. The van der Waals surface area contributed by atoms with Crippen molar-refractivity contribution in [2.24, 2.45) is 0 Å². The molecule has 31 heavy (non-hydrogen) atoms. The average Bonchev–Trinajstić information content (AvgIpc) is 3.14. The molecule has 0 fully saturated rings. The van der Waals surface area contributed by atoms with E-state index in [4.69, 9.17) is 4.74 Å². The van der Waals surface area contributed by atoms with Crippen LogP contribution in [-0.2, 0) is 22.3 Å². The zero-order valence-corrected chi connectivity index (χ0v) is 16.1. The van der Waals surface area contributed by atoms with Gasteiger partial charge < -0.3 is 19.5 Å². The van der Waals surface area contributed by atoms with Crippen LogP contribution in [0.15, 0.2) is 18.2 Å². The number of fused-ring (bicyclic) bond motifs is 2. The Morgan fingerprint density at radius 2 is 2.06 bits per heavy atom. The minimum Gasteiger partial charge on any atom is -0.465 e. The molecule has 0 bridgehead atoms. The Morgan fingerprint density at radius 1 is 1.35 bits per heavy atom. The summed E-state index contributed by atoms with van der Waals surface area (Å²) in [6.07, 6.45) is -4.70. The van der Waals surface area contributed by atoms with Crippen LogP contribution in [0.25, 0.3) is 0 Å². The summed E-state index contributed by atoms with van der Waals surface area (Å²) in [5.74, 6) is -2.95. The first-order valence-corrected chi connectivity index (χ1v) is 9.03. The fourth-order valence-electron chi connectivity index (χ4n) is 3.61. The van der Waals surface area contributed by atoms with E-state index in [-0.39, 0.29) is 36.0 Å². The summed E-state index contributed by atoms with van der Waals surface area (Å²) in [6.45, 7) is 2.27. The zero-order chi connectivity index (χ0) is 22.7. The number of amides is 2. The Hall–Kier alpha value is -3.71. The van der Waals surface area contributed by atoms with Crippen LogP contribution in [0.4, 0.5) is 24.5 Å².